The number of aliphatic carboxylic acids is 1. The highest BCUT2D eigenvalue weighted by molar-refractivity contribution is 5.89. The van der Waals surface area contributed by atoms with Crippen molar-refractivity contribution in [3.8, 4) is 11.5 Å². The Bertz CT molecular complexity index is 558. The average molecular weight is 294 g/mol. The van der Waals surface area contributed by atoms with Crippen LogP contribution in [0.2, 0.25) is 0 Å². The van der Waals surface area contributed by atoms with Gasteiger partial charge in [-0.2, -0.15) is 0 Å². The molecule has 0 radical (unpaired) electrons. The second kappa shape index (κ2) is 6.12. The van der Waals surface area contributed by atoms with Crippen molar-refractivity contribution in [1.82, 2.24) is 4.90 Å². The maximum atomic E-state index is 12.2. The molecule has 1 aliphatic rings. The lowest BCUT2D eigenvalue weighted by atomic mass is 10.2. The maximum absolute atomic E-state index is 12.2. The Balaban J connectivity index is 2.11. The number of primary amides is 1. The Morgan fingerprint density at radius 2 is 1.90 bits per heavy atom. The molecule has 1 unspecified atom stereocenters. The zero-order valence-corrected chi connectivity index (χ0v) is 11.0. The van der Waals surface area contributed by atoms with Crippen molar-refractivity contribution in [2.45, 2.75) is 6.10 Å². The van der Waals surface area contributed by atoms with Crippen LogP contribution in [0.15, 0.2) is 24.3 Å². The molecule has 1 atom stereocenters. The molecule has 0 bridgehead atoms. The zero-order chi connectivity index (χ0) is 15.4. The van der Waals surface area contributed by atoms with E-state index >= 15 is 0 Å². The van der Waals surface area contributed by atoms with Crippen LogP contribution in [0.5, 0.6) is 11.5 Å². The Morgan fingerprint density at radius 1 is 1.24 bits per heavy atom. The van der Waals surface area contributed by atoms with Gasteiger partial charge in [-0.05, 0) is 12.1 Å². The first-order chi connectivity index (χ1) is 9.97. The Hall–Kier alpha value is -2.77. The number of carbonyl (C=O) groups excluding carboxylic acids is 2. The van der Waals surface area contributed by atoms with Gasteiger partial charge in [0.1, 0.15) is 19.7 Å². The lowest BCUT2D eigenvalue weighted by molar-refractivity contribution is -0.150. The van der Waals surface area contributed by atoms with Crippen LogP contribution in [0.25, 0.3) is 0 Å². The molecule has 0 saturated carbocycles. The van der Waals surface area contributed by atoms with Crippen molar-refractivity contribution < 1.29 is 29.0 Å². The highest BCUT2D eigenvalue weighted by Gasteiger charge is 2.32. The van der Waals surface area contributed by atoms with E-state index < -0.39 is 37.0 Å². The van der Waals surface area contributed by atoms with Gasteiger partial charge < -0.3 is 25.2 Å². The summed E-state index contributed by atoms with van der Waals surface area (Å²) in [7, 11) is 0. The molecule has 112 valence electrons. The summed E-state index contributed by atoms with van der Waals surface area (Å²) in [5.74, 6) is -1.83. The molecule has 1 aromatic carbocycles. The van der Waals surface area contributed by atoms with Crippen molar-refractivity contribution in [3.05, 3.63) is 24.3 Å². The minimum Gasteiger partial charge on any atom is -0.485 e. The quantitative estimate of drug-likeness (QED) is 0.735. The molecule has 21 heavy (non-hydrogen) atoms. The molecule has 0 aliphatic carbocycles. The zero-order valence-electron chi connectivity index (χ0n) is 11.0. The van der Waals surface area contributed by atoms with Gasteiger partial charge >= 0.3 is 5.97 Å². The number of benzene rings is 1. The molecule has 1 heterocycles. The van der Waals surface area contributed by atoms with Crippen LogP contribution in [0, 0.1) is 0 Å². The van der Waals surface area contributed by atoms with Crippen molar-refractivity contribution in [2.75, 3.05) is 19.7 Å². The number of hydrogen-bond acceptors (Lipinski definition) is 5. The normalized spacial score (nSPS) is 16.1. The van der Waals surface area contributed by atoms with E-state index in [2.05, 4.69) is 0 Å². The number of para-hydroxylation sites is 2. The van der Waals surface area contributed by atoms with E-state index in [0.29, 0.717) is 11.5 Å². The molecule has 2 amide bonds. The maximum Gasteiger partial charge on any atom is 0.323 e. The third-order valence-electron chi connectivity index (χ3n) is 2.77. The molecule has 0 fully saturated rings. The first kappa shape index (κ1) is 14.6. The largest absolute Gasteiger partial charge is 0.485 e. The van der Waals surface area contributed by atoms with E-state index in [-0.39, 0.29) is 6.61 Å². The molecular weight excluding hydrogens is 280 g/mol. The van der Waals surface area contributed by atoms with Gasteiger partial charge in [-0.1, -0.05) is 12.1 Å². The number of rotatable bonds is 5. The number of fused-ring (bicyclic) bond motifs is 1. The van der Waals surface area contributed by atoms with Gasteiger partial charge in [0, 0.05) is 0 Å². The van der Waals surface area contributed by atoms with Gasteiger partial charge in [-0.3, -0.25) is 14.4 Å². The third-order valence-corrected chi connectivity index (χ3v) is 2.77. The second-order valence-corrected chi connectivity index (χ2v) is 4.42. The Labute approximate surface area is 120 Å². The average Bonchev–Trinajstić information content (AvgIpc) is 2.44. The fourth-order valence-electron chi connectivity index (χ4n) is 1.91. The van der Waals surface area contributed by atoms with Gasteiger partial charge in [-0.25, -0.2) is 0 Å². The number of hydrogen-bond donors (Lipinski definition) is 2. The SMILES string of the molecule is NC(=O)CN(CC(=O)O)C(=O)C1COc2ccccc2O1. The van der Waals surface area contributed by atoms with E-state index in [4.69, 9.17) is 20.3 Å². The number of ether oxygens (including phenoxy) is 2. The fourth-order valence-corrected chi connectivity index (χ4v) is 1.91. The molecule has 8 nitrogen and oxygen atoms in total. The minimum absolute atomic E-state index is 0.0648. The van der Waals surface area contributed by atoms with Gasteiger partial charge in [0.05, 0.1) is 0 Å². The minimum atomic E-state index is -1.25. The smallest absolute Gasteiger partial charge is 0.323 e. The number of carboxylic acids is 1. The van der Waals surface area contributed by atoms with Crippen molar-refractivity contribution in [1.29, 1.82) is 0 Å². The first-order valence-electron chi connectivity index (χ1n) is 6.14. The molecule has 3 N–H and O–H groups in total. The van der Waals surface area contributed by atoms with Crippen LogP contribution in [-0.2, 0) is 14.4 Å². The van der Waals surface area contributed by atoms with Crippen LogP contribution >= 0.6 is 0 Å². The van der Waals surface area contributed by atoms with E-state index in [0.717, 1.165) is 4.90 Å². The molecule has 0 aromatic heterocycles. The lowest BCUT2D eigenvalue weighted by Gasteiger charge is -2.29. The van der Waals surface area contributed by atoms with E-state index in [9.17, 15) is 14.4 Å². The highest BCUT2D eigenvalue weighted by atomic mass is 16.6. The number of amides is 2. The lowest BCUT2D eigenvalue weighted by Crippen LogP contribution is -2.50. The standard InChI is InChI=1S/C13H14N2O6/c14-11(16)5-15(6-12(17)18)13(19)10-7-20-8-3-1-2-4-9(8)21-10/h1-4,10H,5-7H2,(H2,14,16)(H,17,18). The molecule has 8 heteroatoms. The summed E-state index contributed by atoms with van der Waals surface area (Å²) in [5.41, 5.74) is 5.02. The first-order valence-corrected chi connectivity index (χ1v) is 6.14. The van der Waals surface area contributed by atoms with E-state index in [1.54, 1.807) is 24.3 Å². The second-order valence-electron chi connectivity index (χ2n) is 4.42. The summed E-state index contributed by atoms with van der Waals surface area (Å²) in [4.78, 5) is 34.8. The predicted octanol–water partition coefficient (Wildman–Crippen LogP) is -0.775. The number of carboxylic acid groups (broad SMARTS) is 1. The summed E-state index contributed by atoms with van der Waals surface area (Å²) < 4.78 is 10.9. The molecular formula is C13H14N2O6. The van der Waals surface area contributed by atoms with Crippen LogP contribution in [0.1, 0.15) is 0 Å². The molecule has 1 aliphatic heterocycles. The van der Waals surface area contributed by atoms with Gasteiger partial charge in [0.15, 0.2) is 11.5 Å². The van der Waals surface area contributed by atoms with Crippen LogP contribution in [0.3, 0.4) is 0 Å². The Morgan fingerprint density at radius 3 is 2.52 bits per heavy atom. The Kier molecular flexibility index (Phi) is 4.27. The topological polar surface area (TPSA) is 119 Å². The molecule has 2 rings (SSSR count). The number of nitrogens with two attached hydrogens (primary N) is 1. The fraction of sp³-hybridized carbons (Fsp3) is 0.308. The van der Waals surface area contributed by atoms with E-state index in [1.807, 2.05) is 0 Å². The van der Waals surface area contributed by atoms with Crippen LogP contribution in [0.4, 0.5) is 0 Å². The molecule has 0 saturated heterocycles. The van der Waals surface area contributed by atoms with Crippen molar-refractivity contribution in [2.24, 2.45) is 5.73 Å². The van der Waals surface area contributed by atoms with Gasteiger partial charge in [-0.15, -0.1) is 0 Å². The predicted molar refractivity (Wildman–Crippen MR) is 69.8 cm³/mol. The molecule has 0 spiro atoms. The van der Waals surface area contributed by atoms with Crippen molar-refractivity contribution in [3.63, 3.8) is 0 Å². The number of nitrogens with zero attached hydrogens (tertiary/aromatic N) is 1. The summed E-state index contributed by atoms with van der Waals surface area (Å²) in [6.07, 6.45) is -1.02. The van der Waals surface area contributed by atoms with Crippen LogP contribution < -0.4 is 15.2 Å². The summed E-state index contributed by atoms with van der Waals surface area (Å²) >= 11 is 0. The summed E-state index contributed by atoms with van der Waals surface area (Å²) in [6.45, 7) is -1.19. The highest BCUT2D eigenvalue weighted by Crippen LogP contribution is 2.31. The van der Waals surface area contributed by atoms with Gasteiger partial charge in [0.2, 0.25) is 12.0 Å². The van der Waals surface area contributed by atoms with Gasteiger partial charge in [0.25, 0.3) is 5.91 Å². The monoisotopic (exact) mass is 294 g/mol. The van der Waals surface area contributed by atoms with E-state index in [1.165, 1.54) is 0 Å². The third kappa shape index (κ3) is 3.62. The van der Waals surface area contributed by atoms with Crippen LogP contribution in [-0.4, -0.2) is 53.6 Å². The number of carbonyl (C=O) groups is 3. The summed E-state index contributed by atoms with van der Waals surface area (Å²) in [6, 6.07) is 6.79. The molecule has 1 aromatic rings. The summed E-state index contributed by atoms with van der Waals surface area (Å²) in [5, 5.41) is 8.78. The van der Waals surface area contributed by atoms with Crippen molar-refractivity contribution >= 4 is 17.8 Å².